The van der Waals surface area contributed by atoms with Crippen molar-refractivity contribution in [3.8, 4) is 0 Å². The van der Waals surface area contributed by atoms with E-state index in [9.17, 15) is 14.0 Å². The van der Waals surface area contributed by atoms with Crippen molar-refractivity contribution in [2.45, 2.75) is 31.3 Å². The number of fused-ring (bicyclic) bond motifs is 2. The highest BCUT2D eigenvalue weighted by Gasteiger charge is 2.53. The number of imide groups is 1. The van der Waals surface area contributed by atoms with E-state index in [2.05, 4.69) is 5.32 Å². The number of nitrogens with one attached hydrogen (secondary N) is 1. The van der Waals surface area contributed by atoms with E-state index in [-0.39, 0.29) is 23.0 Å². The van der Waals surface area contributed by atoms with Gasteiger partial charge in [0.2, 0.25) is 0 Å². The molecule has 0 unspecified atom stereocenters. The molecule has 2 aliphatic rings. The van der Waals surface area contributed by atoms with Gasteiger partial charge in [0.05, 0.1) is 6.54 Å². The van der Waals surface area contributed by atoms with Gasteiger partial charge in [0, 0.05) is 10.6 Å². The molecule has 0 radical (unpaired) electrons. The first-order chi connectivity index (χ1) is 12.0. The first kappa shape index (κ1) is 16.1. The van der Waals surface area contributed by atoms with Crippen molar-refractivity contribution in [3.05, 3.63) is 70.0 Å². The summed E-state index contributed by atoms with van der Waals surface area (Å²) in [6.45, 7) is -0.180. The number of aryl methyl sites for hydroxylation is 1. The SMILES string of the molecule is O=C1N[C@]2(CCCc3ccccc32)C(=O)N1Cc1c(F)cccc1Cl. The van der Waals surface area contributed by atoms with Crippen LogP contribution in [0, 0.1) is 5.82 Å². The summed E-state index contributed by atoms with van der Waals surface area (Å²) >= 11 is 6.05. The Balaban J connectivity index is 1.73. The maximum absolute atomic E-state index is 14.1. The lowest BCUT2D eigenvalue weighted by Crippen LogP contribution is -2.46. The van der Waals surface area contributed by atoms with Gasteiger partial charge in [-0.3, -0.25) is 9.69 Å². The molecule has 1 saturated heterocycles. The molecule has 3 amide bonds. The van der Waals surface area contributed by atoms with Gasteiger partial charge >= 0.3 is 6.03 Å². The highest BCUT2D eigenvalue weighted by molar-refractivity contribution is 6.31. The summed E-state index contributed by atoms with van der Waals surface area (Å²) in [5.41, 5.74) is 0.993. The lowest BCUT2D eigenvalue weighted by atomic mass is 9.76. The second-order valence-electron chi connectivity index (χ2n) is 6.44. The molecule has 0 bridgehead atoms. The molecule has 1 heterocycles. The van der Waals surface area contributed by atoms with Crippen LogP contribution >= 0.6 is 11.6 Å². The summed E-state index contributed by atoms with van der Waals surface area (Å²) in [6.07, 6.45) is 2.22. The molecule has 128 valence electrons. The number of rotatable bonds is 2. The minimum absolute atomic E-state index is 0.147. The number of benzene rings is 2. The van der Waals surface area contributed by atoms with Crippen LogP contribution < -0.4 is 5.32 Å². The Kier molecular flexibility index (Phi) is 3.76. The average molecular weight is 359 g/mol. The number of amides is 3. The fourth-order valence-corrected chi connectivity index (χ4v) is 4.02. The normalized spacial score (nSPS) is 22.2. The zero-order valence-corrected chi connectivity index (χ0v) is 14.1. The zero-order chi connectivity index (χ0) is 17.6. The molecule has 25 heavy (non-hydrogen) atoms. The van der Waals surface area contributed by atoms with Gasteiger partial charge in [-0.1, -0.05) is 41.9 Å². The Hall–Kier alpha value is -2.40. The molecule has 1 N–H and O–H groups in total. The van der Waals surface area contributed by atoms with Gasteiger partial charge < -0.3 is 5.32 Å². The van der Waals surface area contributed by atoms with Crippen molar-refractivity contribution < 1.29 is 14.0 Å². The molecule has 1 aliphatic heterocycles. The van der Waals surface area contributed by atoms with Crippen LogP contribution in [0.5, 0.6) is 0 Å². The minimum atomic E-state index is -1.05. The molecule has 2 aromatic rings. The Bertz CT molecular complexity index is 865. The molecule has 1 atom stereocenters. The summed E-state index contributed by atoms with van der Waals surface area (Å²) in [5.74, 6) is -0.873. The van der Waals surface area contributed by atoms with Crippen LogP contribution in [-0.4, -0.2) is 16.8 Å². The quantitative estimate of drug-likeness (QED) is 0.831. The lowest BCUT2D eigenvalue weighted by Gasteiger charge is -2.33. The Morgan fingerprint density at radius 1 is 1.16 bits per heavy atom. The molecule has 4 rings (SSSR count). The van der Waals surface area contributed by atoms with E-state index in [0.29, 0.717) is 6.42 Å². The van der Waals surface area contributed by atoms with E-state index in [1.165, 1.54) is 12.1 Å². The molecule has 0 aromatic heterocycles. The number of carbonyl (C=O) groups excluding carboxylic acids is 2. The first-order valence-corrected chi connectivity index (χ1v) is 8.56. The van der Waals surface area contributed by atoms with Crippen molar-refractivity contribution in [2.24, 2.45) is 0 Å². The Morgan fingerprint density at radius 3 is 2.76 bits per heavy atom. The van der Waals surface area contributed by atoms with Crippen LogP contribution in [0.15, 0.2) is 42.5 Å². The molecule has 2 aromatic carbocycles. The van der Waals surface area contributed by atoms with Gasteiger partial charge in [-0.2, -0.15) is 0 Å². The average Bonchev–Trinajstić information content (AvgIpc) is 2.83. The van der Waals surface area contributed by atoms with Crippen LogP contribution in [0.3, 0.4) is 0 Å². The molecule has 1 aliphatic carbocycles. The number of nitrogens with zero attached hydrogens (tertiary/aromatic N) is 1. The summed E-state index contributed by atoms with van der Waals surface area (Å²) < 4.78 is 14.1. The standard InChI is InChI=1S/C19H16ClFN2O2/c20-15-8-3-9-16(21)13(15)11-23-17(24)19(22-18(23)25)10-4-6-12-5-1-2-7-14(12)19/h1-3,5,7-9H,4,6,10-11H2,(H,22,25)/t19-/m0/s1. The smallest absolute Gasteiger partial charge is 0.319 e. The zero-order valence-electron chi connectivity index (χ0n) is 13.4. The lowest BCUT2D eigenvalue weighted by molar-refractivity contribution is -0.132. The Morgan fingerprint density at radius 2 is 1.96 bits per heavy atom. The summed E-state index contributed by atoms with van der Waals surface area (Å²) in [4.78, 5) is 26.7. The van der Waals surface area contributed by atoms with E-state index >= 15 is 0 Å². The Labute approximate surface area is 149 Å². The summed E-state index contributed by atoms with van der Waals surface area (Å²) in [7, 11) is 0. The van der Waals surface area contributed by atoms with Crippen LogP contribution in [0.4, 0.5) is 9.18 Å². The van der Waals surface area contributed by atoms with E-state index in [4.69, 9.17) is 11.6 Å². The van der Waals surface area contributed by atoms with Gasteiger partial charge in [-0.05, 0) is 42.5 Å². The van der Waals surface area contributed by atoms with E-state index in [1.807, 2.05) is 24.3 Å². The van der Waals surface area contributed by atoms with Gasteiger partial charge in [0.25, 0.3) is 5.91 Å². The molecule has 1 fully saturated rings. The number of hydrogen-bond acceptors (Lipinski definition) is 2. The number of halogens is 2. The van der Waals surface area contributed by atoms with Crippen LogP contribution in [-0.2, 0) is 23.3 Å². The second kappa shape index (κ2) is 5.85. The highest BCUT2D eigenvalue weighted by Crippen LogP contribution is 2.40. The van der Waals surface area contributed by atoms with Crippen molar-refractivity contribution in [2.75, 3.05) is 0 Å². The molecule has 1 spiro atoms. The van der Waals surface area contributed by atoms with E-state index in [0.717, 1.165) is 28.9 Å². The number of carbonyl (C=O) groups is 2. The number of urea groups is 1. The topological polar surface area (TPSA) is 49.4 Å². The largest absolute Gasteiger partial charge is 0.325 e. The maximum atomic E-state index is 14.1. The molecular formula is C19H16ClFN2O2. The predicted octanol–water partition coefficient (Wildman–Crippen LogP) is 3.76. The third-order valence-corrected chi connectivity index (χ3v) is 5.38. The van der Waals surface area contributed by atoms with Crippen LogP contribution in [0.1, 0.15) is 29.5 Å². The minimum Gasteiger partial charge on any atom is -0.319 e. The monoisotopic (exact) mass is 358 g/mol. The molecular weight excluding hydrogens is 343 g/mol. The fourth-order valence-electron chi connectivity index (χ4n) is 3.80. The van der Waals surface area contributed by atoms with E-state index < -0.39 is 17.4 Å². The first-order valence-electron chi connectivity index (χ1n) is 8.18. The molecule has 6 heteroatoms. The van der Waals surface area contributed by atoms with Crippen molar-refractivity contribution >= 4 is 23.5 Å². The number of hydrogen-bond donors (Lipinski definition) is 1. The van der Waals surface area contributed by atoms with Crippen molar-refractivity contribution in [1.29, 1.82) is 0 Å². The van der Waals surface area contributed by atoms with E-state index in [1.54, 1.807) is 6.07 Å². The fraction of sp³-hybridized carbons (Fsp3) is 0.263. The van der Waals surface area contributed by atoms with Crippen LogP contribution in [0.25, 0.3) is 0 Å². The van der Waals surface area contributed by atoms with Gasteiger partial charge in [-0.15, -0.1) is 0 Å². The summed E-state index contributed by atoms with van der Waals surface area (Å²) in [6, 6.07) is 11.4. The third kappa shape index (κ3) is 2.42. The van der Waals surface area contributed by atoms with Gasteiger partial charge in [0.15, 0.2) is 0 Å². The molecule has 4 nitrogen and oxygen atoms in total. The highest BCUT2D eigenvalue weighted by atomic mass is 35.5. The maximum Gasteiger partial charge on any atom is 0.325 e. The van der Waals surface area contributed by atoms with Crippen molar-refractivity contribution in [3.63, 3.8) is 0 Å². The second-order valence-corrected chi connectivity index (χ2v) is 6.84. The van der Waals surface area contributed by atoms with Gasteiger partial charge in [-0.25, -0.2) is 9.18 Å². The third-order valence-electron chi connectivity index (χ3n) is 5.03. The van der Waals surface area contributed by atoms with Crippen molar-refractivity contribution in [1.82, 2.24) is 10.2 Å². The summed E-state index contributed by atoms with van der Waals surface area (Å²) in [5, 5.41) is 3.06. The van der Waals surface area contributed by atoms with Crippen LogP contribution in [0.2, 0.25) is 5.02 Å². The predicted molar refractivity (Wildman–Crippen MR) is 91.5 cm³/mol. The molecule has 0 saturated carbocycles. The van der Waals surface area contributed by atoms with Gasteiger partial charge in [0.1, 0.15) is 11.4 Å².